The van der Waals surface area contributed by atoms with Gasteiger partial charge >= 0.3 is 11.9 Å². The molecule has 1 amide bonds. The van der Waals surface area contributed by atoms with E-state index >= 15 is 0 Å². The molecule has 2 aromatic heterocycles. The highest BCUT2D eigenvalue weighted by Crippen LogP contribution is 2.38. The van der Waals surface area contributed by atoms with E-state index in [9.17, 15) is 14.4 Å². The van der Waals surface area contributed by atoms with Crippen molar-refractivity contribution < 1.29 is 28.6 Å². The van der Waals surface area contributed by atoms with Crippen molar-refractivity contribution in [1.82, 2.24) is 0 Å². The number of hydrogen-bond acceptors (Lipinski definition) is 8. The van der Waals surface area contributed by atoms with E-state index in [1.807, 2.05) is 23.6 Å². The molecule has 7 nitrogen and oxygen atoms in total. The van der Waals surface area contributed by atoms with Crippen LogP contribution in [0.15, 0.2) is 53.2 Å². The van der Waals surface area contributed by atoms with Crippen molar-refractivity contribution in [2.75, 3.05) is 25.1 Å². The van der Waals surface area contributed by atoms with Gasteiger partial charge < -0.3 is 19.5 Å². The quantitative estimate of drug-likeness (QED) is 0.496. The van der Waals surface area contributed by atoms with Crippen molar-refractivity contribution in [2.24, 2.45) is 0 Å². The Morgan fingerprint density at radius 1 is 0.967 bits per heavy atom. The maximum atomic E-state index is 12.4. The molecule has 0 saturated heterocycles. The van der Waals surface area contributed by atoms with Gasteiger partial charge in [0.1, 0.15) is 16.3 Å². The summed E-state index contributed by atoms with van der Waals surface area (Å²) in [6.45, 7) is 1.12. The van der Waals surface area contributed by atoms with Crippen LogP contribution in [0, 0.1) is 0 Å². The number of anilines is 1. The van der Waals surface area contributed by atoms with Crippen molar-refractivity contribution >= 4 is 45.5 Å². The highest BCUT2D eigenvalue weighted by atomic mass is 32.1. The third-order valence-corrected chi connectivity index (χ3v) is 5.57. The molecule has 0 atom stereocenters. The van der Waals surface area contributed by atoms with Gasteiger partial charge in [0, 0.05) is 15.8 Å². The molecule has 156 valence electrons. The van der Waals surface area contributed by atoms with Gasteiger partial charge in [0.05, 0.1) is 6.61 Å². The van der Waals surface area contributed by atoms with Crippen LogP contribution in [-0.2, 0) is 19.1 Å². The van der Waals surface area contributed by atoms with Gasteiger partial charge in [-0.1, -0.05) is 24.3 Å². The number of ether oxygens (including phenoxy) is 3. The van der Waals surface area contributed by atoms with E-state index in [1.54, 1.807) is 36.6 Å². The number of carbonyl (C=O) groups is 3. The Balaban J connectivity index is 1.59. The largest absolute Gasteiger partial charge is 0.482 e. The predicted octanol–water partition coefficient (Wildman–Crippen LogP) is 4.21. The van der Waals surface area contributed by atoms with Crippen molar-refractivity contribution in [3.05, 3.63) is 58.8 Å². The average molecular weight is 446 g/mol. The van der Waals surface area contributed by atoms with E-state index in [1.165, 1.54) is 22.7 Å². The fraction of sp³-hybridized carbons (Fsp3) is 0.190. The third-order valence-electron chi connectivity index (χ3n) is 3.77. The van der Waals surface area contributed by atoms with Crippen LogP contribution in [-0.4, -0.2) is 37.7 Å². The molecular weight excluding hydrogens is 426 g/mol. The maximum Gasteiger partial charge on any atom is 0.344 e. The maximum absolute atomic E-state index is 12.4. The van der Waals surface area contributed by atoms with Crippen LogP contribution in [0.3, 0.4) is 0 Å². The first-order chi connectivity index (χ1) is 14.6. The summed E-state index contributed by atoms with van der Waals surface area (Å²) in [6, 6.07) is 12.6. The van der Waals surface area contributed by atoms with E-state index in [-0.39, 0.29) is 18.8 Å². The second-order valence-electron chi connectivity index (χ2n) is 5.86. The van der Waals surface area contributed by atoms with Crippen molar-refractivity contribution in [3.63, 3.8) is 0 Å². The van der Waals surface area contributed by atoms with Crippen LogP contribution in [0.4, 0.5) is 5.00 Å². The Labute approximate surface area is 181 Å². The van der Waals surface area contributed by atoms with Gasteiger partial charge in [-0.25, -0.2) is 9.59 Å². The molecule has 1 aromatic carbocycles. The lowest BCUT2D eigenvalue weighted by Crippen LogP contribution is -2.24. The molecule has 9 heteroatoms. The molecule has 0 unspecified atom stereocenters. The van der Waals surface area contributed by atoms with Crippen LogP contribution >= 0.6 is 22.7 Å². The molecule has 30 heavy (non-hydrogen) atoms. The van der Waals surface area contributed by atoms with Gasteiger partial charge in [-0.05, 0) is 30.5 Å². The number of hydrogen-bond donors (Lipinski definition) is 1. The number of nitrogens with one attached hydrogen (secondary N) is 1. The SMILES string of the molecule is CCOC(=O)c1c(-c2cccs2)csc1NC(=O)COC(=O)COc1ccccc1. The first-order valence-corrected chi connectivity index (χ1v) is 10.8. The van der Waals surface area contributed by atoms with Gasteiger partial charge in [0.15, 0.2) is 13.2 Å². The van der Waals surface area contributed by atoms with Gasteiger partial charge in [-0.2, -0.15) is 0 Å². The van der Waals surface area contributed by atoms with Crippen LogP contribution in [0.25, 0.3) is 10.4 Å². The van der Waals surface area contributed by atoms with Gasteiger partial charge in [0.25, 0.3) is 5.91 Å². The fourth-order valence-corrected chi connectivity index (χ4v) is 4.27. The van der Waals surface area contributed by atoms with Crippen LogP contribution in [0.2, 0.25) is 0 Å². The lowest BCUT2D eigenvalue weighted by atomic mass is 10.1. The second kappa shape index (κ2) is 10.6. The predicted molar refractivity (Wildman–Crippen MR) is 115 cm³/mol. The van der Waals surface area contributed by atoms with Crippen molar-refractivity contribution in [2.45, 2.75) is 6.92 Å². The molecule has 0 saturated carbocycles. The molecule has 1 N–H and O–H groups in total. The normalized spacial score (nSPS) is 10.3. The number of benzene rings is 1. The number of carbonyl (C=O) groups excluding carboxylic acids is 3. The number of thiophene rings is 2. The zero-order valence-electron chi connectivity index (χ0n) is 16.1. The number of rotatable bonds is 9. The first kappa shape index (κ1) is 21.5. The lowest BCUT2D eigenvalue weighted by molar-refractivity contribution is -0.149. The molecule has 3 aromatic rings. The lowest BCUT2D eigenvalue weighted by Gasteiger charge is -2.09. The smallest absolute Gasteiger partial charge is 0.344 e. The molecule has 0 aliphatic heterocycles. The Morgan fingerprint density at radius 2 is 1.77 bits per heavy atom. The van der Waals surface area contributed by atoms with Crippen molar-refractivity contribution in [1.29, 1.82) is 0 Å². The van der Waals surface area contributed by atoms with Crippen LogP contribution < -0.4 is 10.1 Å². The summed E-state index contributed by atoms with van der Waals surface area (Å²) < 4.78 is 15.4. The molecule has 0 bridgehead atoms. The third kappa shape index (κ3) is 5.68. The molecule has 0 radical (unpaired) electrons. The minimum Gasteiger partial charge on any atom is -0.482 e. The minimum absolute atomic E-state index is 0.213. The standard InChI is InChI=1S/C21H19NO6S2/c1-2-26-21(25)19-15(16-9-6-10-29-16)13-30-20(19)22-17(23)11-28-18(24)12-27-14-7-4-3-5-8-14/h3-10,13H,2,11-12H2,1H3,(H,22,23). The summed E-state index contributed by atoms with van der Waals surface area (Å²) in [7, 11) is 0. The number of esters is 2. The minimum atomic E-state index is -0.676. The average Bonchev–Trinajstić information content (AvgIpc) is 3.41. The zero-order valence-corrected chi connectivity index (χ0v) is 17.7. The zero-order chi connectivity index (χ0) is 21.3. The van der Waals surface area contributed by atoms with Crippen LogP contribution in [0.1, 0.15) is 17.3 Å². The van der Waals surface area contributed by atoms with E-state index in [0.29, 0.717) is 16.3 Å². The summed E-state index contributed by atoms with van der Waals surface area (Å²) in [5.74, 6) is -1.23. The fourth-order valence-electron chi connectivity index (χ4n) is 2.48. The molecule has 3 rings (SSSR count). The van der Waals surface area contributed by atoms with E-state index < -0.39 is 24.5 Å². The second-order valence-corrected chi connectivity index (χ2v) is 7.69. The first-order valence-electron chi connectivity index (χ1n) is 9.04. The van der Waals surface area contributed by atoms with E-state index in [2.05, 4.69) is 5.32 Å². The summed E-state index contributed by atoms with van der Waals surface area (Å²) >= 11 is 2.69. The van der Waals surface area contributed by atoms with E-state index in [0.717, 1.165) is 4.88 Å². The Morgan fingerprint density at radius 3 is 2.47 bits per heavy atom. The Kier molecular flexibility index (Phi) is 7.58. The monoisotopic (exact) mass is 445 g/mol. The Hall–Kier alpha value is -3.17. The highest BCUT2D eigenvalue weighted by Gasteiger charge is 2.23. The topological polar surface area (TPSA) is 90.9 Å². The molecular formula is C21H19NO6S2. The van der Waals surface area contributed by atoms with Crippen molar-refractivity contribution in [3.8, 4) is 16.2 Å². The van der Waals surface area contributed by atoms with Gasteiger partial charge in [-0.15, -0.1) is 22.7 Å². The summed E-state index contributed by atoms with van der Waals surface area (Å²) in [6.07, 6.45) is 0. The number of amides is 1. The van der Waals surface area contributed by atoms with Crippen LogP contribution in [0.5, 0.6) is 5.75 Å². The van der Waals surface area contributed by atoms with E-state index in [4.69, 9.17) is 14.2 Å². The summed E-state index contributed by atoms with van der Waals surface area (Å²) in [5, 5.41) is 6.66. The highest BCUT2D eigenvalue weighted by molar-refractivity contribution is 7.17. The molecule has 0 aliphatic carbocycles. The summed E-state index contributed by atoms with van der Waals surface area (Å²) in [5.41, 5.74) is 0.980. The van der Waals surface area contributed by atoms with Gasteiger partial charge in [0.2, 0.25) is 0 Å². The Bertz CT molecular complexity index is 998. The molecule has 0 spiro atoms. The molecule has 0 fully saturated rings. The summed E-state index contributed by atoms with van der Waals surface area (Å²) in [4.78, 5) is 37.4. The molecule has 2 heterocycles. The van der Waals surface area contributed by atoms with Gasteiger partial charge in [-0.3, -0.25) is 4.79 Å². The molecule has 0 aliphatic rings. The number of para-hydroxylation sites is 1.